The second-order valence-corrected chi connectivity index (χ2v) is 5.64. The molecule has 82 valence electrons. The first-order chi connectivity index (χ1) is 7.33. The van der Waals surface area contributed by atoms with Crippen LogP contribution in [0.4, 0.5) is 0 Å². The average Bonchev–Trinajstić information content (AvgIpc) is 2.75. The van der Waals surface area contributed by atoms with Crippen LogP contribution in [0.1, 0.15) is 23.3 Å². The molecular weight excluding hydrogens is 204 g/mol. The molecule has 1 aromatic heterocycles. The maximum Gasteiger partial charge on any atom is 0.0578 e. The van der Waals surface area contributed by atoms with E-state index in [-0.39, 0.29) is 0 Å². The molecule has 0 aromatic carbocycles. The Kier molecular flexibility index (Phi) is 2.34. The first-order valence-electron chi connectivity index (χ1n) is 5.82. The van der Waals surface area contributed by atoms with Crippen molar-refractivity contribution in [3.05, 3.63) is 21.9 Å². The molecule has 2 aliphatic heterocycles. The fourth-order valence-corrected chi connectivity index (χ4v) is 4.33. The number of piperidine rings is 1. The SMILES string of the molecule is CN1CCc2ccsc2C12CCNCC2. The molecule has 1 aromatic rings. The van der Waals surface area contributed by atoms with Crippen molar-refractivity contribution in [2.24, 2.45) is 0 Å². The predicted molar refractivity (Wildman–Crippen MR) is 64.4 cm³/mol. The van der Waals surface area contributed by atoms with E-state index >= 15 is 0 Å². The summed E-state index contributed by atoms with van der Waals surface area (Å²) in [6.07, 6.45) is 3.79. The highest BCUT2D eigenvalue weighted by Crippen LogP contribution is 2.43. The highest BCUT2D eigenvalue weighted by molar-refractivity contribution is 7.10. The third kappa shape index (κ3) is 1.37. The van der Waals surface area contributed by atoms with E-state index in [1.54, 1.807) is 10.4 Å². The molecule has 2 aliphatic rings. The molecule has 0 aliphatic carbocycles. The van der Waals surface area contributed by atoms with Crippen LogP contribution in [0.2, 0.25) is 0 Å². The van der Waals surface area contributed by atoms with E-state index in [1.165, 1.54) is 38.9 Å². The monoisotopic (exact) mass is 222 g/mol. The summed E-state index contributed by atoms with van der Waals surface area (Å²) in [5.41, 5.74) is 1.98. The van der Waals surface area contributed by atoms with Crippen LogP contribution in [0, 0.1) is 0 Å². The lowest BCUT2D eigenvalue weighted by Crippen LogP contribution is -2.53. The Morgan fingerprint density at radius 1 is 1.40 bits per heavy atom. The van der Waals surface area contributed by atoms with Crippen LogP contribution in [-0.4, -0.2) is 31.6 Å². The standard InChI is InChI=1S/C12H18N2S/c1-14-8-2-10-3-9-15-11(10)12(14)4-6-13-7-5-12/h3,9,13H,2,4-8H2,1H3. The summed E-state index contributed by atoms with van der Waals surface area (Å²) in [5.74, 6) is 0. The van der Waals surface area contributed by atoms with Gasteiger partial charge in [-0.15, -0.1) is 11.3 Å². The molecule has 0 radical (unpaired) electrons. The van der Waals surface area contributed by atoms with Gasteiger partial charge < -0.3 is 5.32 Å². The van der Waals surface area contributed by atoms with Gasteiger partial charge in [0.2, 0.25) is 0 Å². The number of nitrogens with zero attached hydrogens (tertiary/aromatic N) is 1. The largest absolute Gasteiger partial charge is 0.317 e. The van der Waals surface area contributed by atoms with Gasteiger partial charge in [0.15, 0.2) is 0 Å². The molecule has 1 saturated heterocycles. The third-order valence-electron chi connectivity index (χ3n) is 4.05. The molecule has 3 heterocycles. The van der Waals surface area contributed by atoms with Crippen LogP contribution in [0.5, 0.6) is 0 Å². The molecule has 0 bridgehead atoms. The minimum Gasteiger partial charge on any atom is -0.317 e. The number of thiophene rings is 1. The van der Waals surface area contributed by atoms with Crippen molar-refractivity contribution in [3.8, 4) is 0 Å². The molecule has 2 nitrogen and oxygen atoms in total. The topological polar surface area (TPSA) is 15.3 Å². The number of hydrogen-bond donors (Lipinski definition) is 1. The number of hydrogen-bond acceptors (Lipinski definition) is 3. The van der Waals surface area contributed by atoms with Crippen LogP contribution in [0.3, 0.4) is 0 Å². The Morgan fingerprint density at radius 3 is 3.00 bits per heavy atom. The van der Waals surface area contributed by atoms with Crippen molar-refractivity contribution in [3.63, 3.8) is 0 Å². The Labute approximate surface area is 95.3 Å². The van der Waals surface area contributed by atoms with Gasteiger partial charge in [0.1, 0.15) is 0 Å². The molecule has 1 N–H and O–H groups in total. The minimum absolute atomic E-state index is 0.368. The summed E-state index contributed by atoms with van der Waals surface area (Å²) >= 11 is 1.97. The second-order valence-electron chi connectivity index (χ2n) is 4.73. The zero-order chi connectivity index (χ0) is 10.3. The fraction of sp³-hybridized carbons (Fsp3) is 0.667. The van der Waals surface area contributed by atoms with Gasteiger partial charge in [0, 0.05) is 11.4 Å². The van der Waals surface area contributed by atoms with Gasteiger partial charge in [0.25, 0.3) is 0 Å². The Hall–Kier alpha value is -0.380. The van der Waals surface area contributed by atoms with Gasteiger partial charge in [-0.1, -0.05) is 0 Å². The molecule has 0 amide bonds. The Morgan fingerprint density at radius 2 is 2.20 bits per heavy atom. The van der Waals surface area contributed by atoms with E-state index in [9.17, 15) is 0 Å². The van der Waals surface area contributed by atoms with E-state index in [4.69, 9.17) is 0 Å². The van der Waals surface area contributed by atoms with Crippen LogP contribution in [0.15, 0.2) is 11.4 Å². The predicted octanol–water partition coefficient (Wildman–Crippen LogP) is 1.81. The van der Waals surface area contributed by atoms with Crippen molar-refractivity contribution in [2.45, 2.75) is 24.8 Å². The maximum absolute atomic E-state index is 3.48. The third-order valence-corrected chi connectivity index (χ3v) is 5.20. The van der Waals surface area contributed by atoms with Crippen molar-refractivity contribution >= 4 is 11.3 Å². The van der Waals surface area contributed by atoms with Crippen molar-refractivity contribution in [1.29, 1.82) is 0 Å². The number of rotatable bonds is 0. The summed E-state index contributed by atoms with van der Waals surface area (Å²) in [4.78, 5) is 4.24. The second kappa shape index (κ2) is 3.58. The quantitative estimate of drug-likeness (QED) is 0.720. The lowest BCUT2D eigenvalue weighted by Gasteiger charge is -2.47. The molecule has 15 heavy (non-hydrogen) atoms. The van der Waals surface area contributed by atoms with E-state index in [0.717, 1.165) is 0 Å². The van der Waals surface area contributed by atoms with Gasteiger partial charge >= 0.3 is 0 Å². The first-order valence-corrected chi connectivity index (χ1v) is 6.70. The zero-order valence-corrected chi connectivity index (χ0v) is 10.1. The molecule has 0 saturated carbocycles. The van der Waals surface area contributed by atoms with E-state index in [0.29, 0.717) is 5.54 Å². The van der Waals surface area contributed by atoms with Crippen molar-refractivity contribution in [1.82, 2.24) is 10.2 Å². The zero-order valence-electron chi connectivity index (χ0n) is 9.25. The van der Waals surface area contributed by atoms with E-state index in [1.807, 2.05) is 11.3 Å². The van der Waals surface area contributed by atoms with Gasteiger partial charge in [0.05, 0.1) is 5.54 Å². The lowest BCUT2D eigenvalue weighted by atomic mass is 9.80. The van der Waals surface area contributed by atoms with Crippen LogP contribution in [-0.2, 0) is 12.0 Å². The normalized spacial score (nSPS) is 25.4. The summed E-state index contributed by atoms with van der Waals surface area (Å²) in [7, 11) is 2.30. The maximum atomic E-state index is 3.48. The van der Waals surface area contributed by atoms with Crippen LogP contribution >= 0.6 is 11.3 Å². The number of likely N-dealkylation sites (N-methyl/N-ethyl adjacent to an activating group) is 1. The lowest BCUT2D eigenvalue weighted by molar-refractivity contribution is 0.0732. The molecule has 0 unspecified atom stereocenters. The van der Waals surface area contributed by atoms with Gasteiger partial charge in [-0.25, -0.2) is 0 Å². The van der Waals surface area contributed by atoms with Crippen molar-refractivity contribution in [2.75, 3.05) is 26.7 Å². The Bertz CT molecular complexity index is 352. The molecule has 3 rings (SSSR count). The van der Waals surface area contributed by atoms with Gasteiger partial charge in [-0.05, 0) is 56.4 Å². The summed E-state index contributed by atoms with van der Waals surface area (Å²) < 4.78 is 0. The Balaban J connectivity index is 2.05. The van der Waals surface area contributed by atoms with Crippen molar-refractivity contribution < 1.29 is 0 Å². The summed E-state index contributed by atoms with van der Waals surface area (Å²) in [6.45, 7) is 3.56. The molecule has 3 heteroatoms. The smallest absolute Gasteiger partial charge is 0.0578 e. The van der Waals surface area contributed by atoms with Crippen LogP contribution in [0.25, 0.3) is 0 Å². The van der Waals surface area contributed by atoms with Crippen LogP contribution < -0.4 is 5.32 Å². The molecule has 0 atom stereocenters. The summed E-state index contributed by atoms with van der Waals surface area (Å²) in [6, 6.07) is 2.33. The molecule has 1 fully saturated rings. The number of nitrogens with one attached hydrogen (secondary N) is 1. The van der Waals surface area contributed by atoms with E-state index < -0.39 is 0 Å². The fourth-order valence-electron chi connectivity index (χ4n) is 3.07. The van der Waals surface area contributed by atoms with Gasteiger partial charge in [-0.3, -0.25) is 4.90 Å². The minimum atomic E-state index is 0.368. The van der Waals surface area contributed by atoms with Gasteiger partial charge in [-0.2, -0.15) is 0 Å². The highest BCUT2D eigenvalue weighted by atomic mass is 32.1. The average molecular weight is 222 g/mol. The highest BCUT2D eigenvalue weighted by Gasteiger charge is 2.42. The molecule has 1 spiro atoms. The first kappa shape index (κ1) is 9.82. The number of fused-ring (bicyclic) bond motifs is 2. The molecular formula is C12H18N2S. The summed E-state index contributed by atoms with van der Waals surface area (Å²) in [5, 5.41) is 5.75. The van der Waals surface area contributed by atoms with E-state index in [2.05, 4.69) is 28.7 Å².